The molecule has 6 heteroatoms. The van der Waals surface area contributed by atoms with Gasteiger partial charge in [0.15, 0.2) is 11.0 Å². The maximum Gasteiger partial charge on any atom is 0.157 e. The first-order chi connectivity index (χ1) is 9.31. The molecule has 0 radical (unpaired) electrons. The van der Waals surface area contributed by atoms with Crippen molar-refractivity contribution in [1.29, 1.82) is 0 Å². The van der Waals surface area contributed by atoms with Crippen molar-refractivity contribution in [2.75, 3.05) is 30.8 Å². The second-order valence-electron chi connectivity index (χ2n) is 4.70. The topological polar surface area (TPSA) is 59.1 Å². The fourth-order valence-corrected chi connectivity index (χ4v) is 2.52. The number of halogens is 1. The Kier molecular flexibility index (Phi) is 5.66. The van der Waals surface area contributed by atoms with Crippen LogP contribution in [0.2, 0.25) is 5.15 Å². The summed E-state index contributed by atoms with van der Waals surface area (Å²) in [5.41, 5.74) is 0.748. The van der Waals surface area contributed by atoms with Crippen LogP contribution in [0.4, 0.5) is 11.5 Å². The van der Waals surface area contributed by atoms with E-state index in [1.807, 2.05) is 7.05 Å². The molecule has 2 heterocycles. The number of nitrogens with zero attached hydrogens (tertiary/aromatic N) is 2. The second-order valence-corrected chi connectivity index (χ2v) is 5.05. The number of aromatic nitrogens is 2. The largest absolute Gasteiger partial charge is 0.383 e. The number of anilines is 2. The molecule has 0 spiro atoms. The fraction of sp³-hybridized carbons (Fsp3) is 0.692. The van der Waals surface area contributed by atoms with Crippen molar-refractivity contribution in [2.24, 2.45) is 0 Å². The minimum Gasteiger partial charge on any atom is -0.383 e. The van der Waals surface area contributed by atoms with E-state index in [-0.39, 0.29) is 0 Å². The summed E-state index contributed by atoms with van der Waals surface area (Å²) in [6.07, 6.45) is 7.77. The molecule has 1 fully saturated rings. The smallest absolute Gasteiger partial charge is 0.157 e. The third kappa shape index (κ3) is 4.21. The highest BCUT2D eigenvalue weighted by molar-refractivity contribution is 6.32. The average molecular weight is 285 g/mol. The van der Waals surface area contributed by atoms with Crippen LogP contribution in [-0.2, 0) is 4.74 Å². The van der Waals surface area contributed by atoms with E-state index in [2.05, 4.69) is 20.6 Å². The molecule has 1 saturated heterocycles. The Morgan fingerprint density at radius 2 is 2.32 bits per heavy atom. The Bertz CT molecular complexity index is 396. The minimum absolute atomic E-state index is 0.438. The van der Waals surface area contributed by atoms with Crippen LogP contribution in [0.25, 0.3) is 0 Å². The summed E-state index contributed by atoms with van der Waals surface area (Å²) in [6.45, 7) is 1.78. The normalized spacial score (nSPS) is 19.2. The zero-order chi connectivity index (χ0) is 13.5. The standard InChI is InChI=1S/C13H21ClN4O/c1-15-11-12(14)17-9-18-13(11)16-7-4-6-10-5-2-3-8-19-10/h9-10,15H,2-8H2,1H3,(H,16,17,18). The third-order valence-corrected chi connectivity index (χ3v) is 3.61. The van der Waals surface area contributed by atoms with Crippen molar-refractivity contribution in [3.63, 3.8) is 0 Å². The van der Waals surface area contributed by atoms with E-state index in [4.69, 9.17) is 16.3 Å². The van der Waals surface area contributed by atoms with Gasteiger partial charge in [-0.1, -0.05) is 11.6 Å². The SMILES string of the molecule is CNc1c(Cl)ncnc1NCCCC1CCCCO1. The summed E-state index contributed by atoms with van der Waals surface area (Å²) in [4.78, 5) is 8.14. The lowest BCUT2D eigenvalue weighted by molar-refractivity contribution is 0.0107. The van der Waals surface area contributed by atoms with E-state index in [1.54, 1.807) is 0 Å². The first-order valence-electron chi connectivity index (χ1n) is 6.85. The first-order valence-corrected chi connectivity index (χ1v) is 7.22. The van der Waals surface area contributed by atoms with E-state index in [1.165, 1.54) is 25.6 Å². The molecule has 5 nitrogen and oxygen atoms in total. The van der Waals surface area contributed by atoms with Crippen LogP contribution in [0.15, 0.2) is 6.33 Å². The van der Waals surface area contributed by atoms with E-state index in [9.17, 15) is 0 Å². The van der Waals surface area contributed by atoms with Gasteiger partial charge in [0.1, 0.15) is 12.0 Å². The molecule has 1 aliphatic heterocycles. The lowest BCUT2D eigenvalue weighted by Gasteiger charge is -2.22. The molecule has 0 aliphatic carbocycles. The Hall–Kier alpha value is -1.07. The van der Waals surface area contributed by atoms with E-state index in [0.29, 0.717) is 11.3 Å². The lowest BCUT2D eigenvalue weighted by atomic mass is 10.0. The van der Waals surface area contributed by atoms with Gasteiger partial charge in [-0.05, 0) is 32.1 Å². The van der Waals surface area contributed by atoms with Crippen molar-refractivity contribution in [1.82, 2.24) is 9.97 Å². The molecular formula is C13H21ClN4O. The van der Waals surface area contributed by atoms with Gasteiger partial charge < -0.3 is 15.4 Å². The summed E-state index contributed by atoms with van der Waals surface area (Å²) < 4.78 is 5.71. The first kappa shape index (κ1) is 14.3. The van der Waals surface area contributed by atoms with Gasteiger partial charge in [-0.25, -0.2) is 9.97 Å². The van der Waals surface area contributed by atoms with Crippen molar-refractivity contribution in [2.45, 2.75) is 38.2 Å². The fourth-order valence-electron chi connectivity index (χ4n) is 2.29. The predicted octanol–water partition coefficient (Wildman–Crippen LogP) is 2.93. The summed E-state index contributed by atoms with van der Waals surface area (Å²) in [7, 11) is 1.81. The third-order valence-electron chi connectivity index (χ3n) is 3.32. The van der Waals surface area contributed by atoms with Crippen molar-refractivity contribution < 1.29 is 4.74 Å². The number of hydrogen-bond donors (Lipinski definition) is 2. The molecule has 2 rings (SSSR count). The molecule has 1 aromatic rings. The monoisotopic (exact) mass is 284 g/mol. The van der Waals surface area contributed by atoms with Gasteiger partial charge in [0, 0.05) is 20.2 Å². The molecule has 1 aliphatic rings. The lowest BCUT2D eigenvalue weighted by Crippen LogP contribution is -2.20. The number of ether oxygens (including phenoxy) is 1. The quantitative estimate of drug-likeness (QED) is 0.621. The molecule has 1 atom stereocenters. The van der Waals surface area contributed by atoms with Gasteiger partial charge in [-0.2, -0.15) is 0 Å². The molecule has 0 saturated carbocycles. The van der Waals surface area contributed by atoms with Gasteiger partial charge >= 0.3 is 0 Å². The van der Waals surface area contributed by atoms with Crippen LogP contribution >= 0.6 is 11.6 Å². The van der Waals surface area contributed by atoms with Crippen LogP contribution in [0.5, 0.6) is 0 Å². The highest BCUT2D eigenvalue weighted by Gasteiger charge is 2.13. The summed E-state index contributed by atoms with van der Waals surface area (Å²) in [5, 5.41) is 6.74. The predicted molar refractivity (Wildman–Crippen MR) is 77.9 cm³/mol. The Morgan fingerprint density at radius 3 is 3.05 bits per heavy atom. The Labute approximate surface area is 119 Å². The summed E-state index contributed by atoms with van der Waals surface area (Å²) >= 11 is 5.99. The van der Waals surface area contributed by atoms with E-state index >= 15 is 0 Å². The zero-order valence-electron chi connectivity index (χ0n) is 11.3. The highest BCUT2D eigenvalue weighted by Crippen LogP contribution is 2.25. The van der Waals surface area contributed by atoms with Gasteiger partial charge in [0.05, 0.1) is 6.10 Å². The minimum atomic E-state index is 0.438. The molecular weight excluding hydrogens is 264 g/mol. The maximum atomic E-state index is 5.99. The van der Waals surface area contributed by atoms with Crippen LogP contribution in [0.3, 0.4) is 0 Å². The van der Waals surface area contributed by atoms with Crippen molar-refractivity contribution in [3.8, 4) is 0 Å². The van der Waals surface area contributed by atoms with Crippen LogP contribution < -0.4 is 10.6 Å². The molecule has 0 amide bonds. The number of hydrogen-bond acceptors (Lipinski definition) is 5. The van der Waals surface area contributed by atoms with Crippen LogP contribution in [0, 0.1) is 0 Å². The summed E-state index contributed by atoms with van der Waals surface area (Å²) in [5.74, 6) is 0.757. The van der Waals surface area contributed by atoms with Crippen LogP contribution in [-0.4, -0.2) is 36.3 Å². The van der Waals surface area contributed by atoms with Gasteiger partial charge in [-0.3, -0.25) is 0 Å². The van der Waals surface area contributed by atoms with Crippen molar-refractivity contribution >= 4 is 23.1 Å². The Morgan fingerprint density at radius 1 is 1.42 bits per heavy atom. The Balaban J connectivity index is 1.74. The average Bonchev–Trinajstić information content (AvgIpc) is 2.45. The van der Waals surface area contributed by atoms with Gasteiger partial charge in [0.2, 0.25) is 0 Å². The summed E-state index contributed by atoms with van der Waals surface area (Å²) in [6, 6.07) is 0. The van der Waals surface area contributed by atoms with Gasteiger partial charge in [-0.15, -0.1) is 0 Å². The van der Waals surface area contributed by atoms with E-state index in [0.717, 1.165) is 37.5 Å². The molecule has 1 unspecified atom stereocenters. The molecule has 2 N–H and O–H groups in total. The zero-order valence-corrected chi connectivity index (χ0v) is 12.0. The van der Waals surface area contributed by atoms with Crippen LogP contribution in [0.1, 0.15) is 32.1 Å². The molecule has 106 valence electrons. The van der Waals surface area contributed by atoms with Gasteiger partial charge in [0.25, 0.3) is 0 Å². The molecule has 1 aromatic heterocycles. The second kappa shape index (κ2) is 7.50. The van der Waals surface area contributed by atoms with E-state index < -0.39 is 0 Å². The molecule has 0 bridgehead atoms. The van der Waals surface area contributed by atoms with Crippen molar-refractivity contribution in [3.05, 3.63) is 11.5 Å². The molecule has 0 aromatic carbocycles. The number of rotatable bonds is 6. The maximum absolute atomic E-state index is 5.99. The highest BCUT2D eigenvalue weighted by atomic mass is 35.5. The number of nitrogens with one attached hydrogen (secondary N) is 2. The molecule has 19 heavy (non-hydrogen) atoms.